The molecule has 1 atom stereocenters. The molecule has 1 aliphatic heterocycles. The van der Waals surface area contributed by atoms with Gasteiger partial charge in [0.2, 0.25) is 5.91 Å². The number of nitrogens with one attached hydrogen (secondary N) is 1. The van der Waals surface area contributed by atoms with Crippen LogP contribution in [-0.4, -0.2) is 30.4 Å². The predicted octanol–water partition coefficient (Wildman–Crippen LogP) is 1.18. The Morgan fingerprint density at radius 3 is 2.80 bits per heavy atom. The number of carbonyl (C=O) groups excluding carboxylic acids is 1. The smallest absolute Gasteiger partial charge is 0.220 e. The van der Waals surface area contributed by atoms with Gasteiger partial charge in [-0.3, -0.25) is 4.79 Å². The van der Waals surface area contributed by atoms with E-state index in [0.29, 0.717) is 0 Å². The summed E-state index contributed by atoms with van der Waals surface area (Å²) in [7, 11) is 0. The third-order valence-corrected chi connectivity index (χ3v) is 2.83. The van der Waals surface area contributed by atoms with Gasteiger partial charge in [0, 0.05) is 26.6 Å². The fraction of sp³-hybridized carbons (Fsp3) is 0.417. The van der Waals surface area contributed by atoms with E-state index >= 15 is 0 Å². The maximum Gasteiger partial charge on any atom is 0.220 e. The van der Waals surface area contributed by atoms with Crippen LogP contribution in [0, 0.1) is 0 Å². The highest BCUT2D eigenvalue weighted by Crippen LogP contribution is 2.21. The van der Waals surface area contributed by atoms with Crippen LogP contribution in [0.1, 0.15) is 18.5 Å². The van der Waals surface area contributed by atoms with Crippen LogP contribution in [0.15, 0.2) is 30.3 Å². The summed E-state index contributed by atoms with van der Waals surface area (Å²) in [6.07, 6.45) is 0. The van der Waals surface area contributed by atoms with Gasteiger partial charge in [-0.05, 0) is 5.56 Å². The van der Waals surface area contributed by atoms with Crippen LogP contribution in [0.25, 0.3) is 0 Å². The molecule has 1 aromatic rings. The summed E-state index contributed by atoms with van der Waals surface area (Å²) < 4.78 is 0. The minimum absolute atomic E-state index is 0.158. The molecule has 0 spiro atoms. The SMILES string of the molecule is CC(=O)N1CCNC[C@H]1c1ccccc1. The maximum atomic E-state index is 11.5. The highest BCUT2D eigenvalue weighted by molar-refractivity contribution is 5.74. The summed E-state index contributed by atoms with van der Waals surface area (Å²) >= 11 is 0. The zero-order valence-corrected chi connectivity index (χ0v) is 8.94. The molecule has 15 heavy (non-hydrogen) atoms. The number of rotatable bonds is 1. The number of hydrogen-bond donors (Lipinski definition) is 1. The molecule has 1 aliphatic rings. The largest absolute Gasteiger partial charge is 0.333 e. The van der Waals surface area contributed by atoms with Crippen molar-refractivity contribution in [2.45, 2.75) is 13.0 Å². The lowest BCUT2D eigenvalue weighted by Gasteiger charge is -2.35. The van der Waals surface area contributed by atoms with Gasteiger partial charge in [-0.2, -0.15) is 0 Å². The van der Waals surface area contributed by atoms with E-state index in [9.17, 15) is 4.79 Å². The van der Waals surface area contributed by atoms with Gasteiger partial charge >= 0.3 is 0 Å². The lowest BCUT2D eigenvalue weighted by Crippen LogP contribution is -2.47. The number of piperazine rings is 1. The van der Waals surface area contributed by atoms with Crippen molar-refractivity contribution >= 4 is 5.91 Å². The first-order valence-electron chi connectivity index (χ1n) is 5.32. The highest BCUT2D eigenvalue weighted by Gasteiger charge is 2.24. The third kappa shape index (κ3) is 2.18. The molecule has 0 saturated carbocycles. The third-order valence-electron chi connectivity index (χ3n) is 2.83. The number of benzene rings is 1. The van der Waals surface area contributed by atoms with Crippen molar-refractivity contribution in [2.24, 2.45) is 0 Å². The Bertz CT molecular complexity index is 337. The monoisotopic (exact) mass is 204 g/mol. The second-order valence-electron chi connectivity index (χ2n) is 3.84. The summed E-state index contributed by atoms with van der Waals surface area (Å²) in [5.41, 5.74) is 1.21. The molecule has 1 amide bonds. The van der Waals surface area contributed by atoms with Gasteiger partial charge in [0.15, 0.2) is 0 Å². The molecule has 0 unspecified atom stereocenters. The molecule has 1 fully saturated rings. The van der Waals surface area contributed by atoms with Crippen molar-refractivity contribution in [2.75, 3.05) is 19.6 Å². The Kier molecular flexibility index (Phi) is 3.02. The fourth-order valence-electron chi connectivity index (χ4n) is 2.05. The molecule has 1 aromatic carbocycles. The second kappa shape index (κ2) is 4.45. The van der Waals surface area contributed by atoms with E-state index in [1.165, 1.54) is 5.56 Å². The number of carbonyl (C=O) groups is 1. The molecule has 2 rings (SSSR count). The molecule has 0 aromatic heterocycles. The van der Waals surface area contributed by atoms with Crippen LogP contribution in [0.2, 0.25) is 0 Å². The minimum atomic E-state index is 0.158. The molecule has 1 heterocycles. The summed E-state index contributed by atoms with van der Waals surface area (Å²) in [5, 5.41) is 3.32. The average molecular weight is 204 g/mol. The van der Waals surface area contributed by atoms with Crippen LogP contribution in [0.3, 0.4) is 0 Å². The van der Waals surface area contributed by atoms with E-state index in [4.69, 9.17) is 0 Å². The van der Waals surface area contributed by atoms with Crippen LogP contribution in [-0.2, 0) is 4.79 Å². The van der Waals surface area contributed by atoms with Gasteiger partial charge in [0.1, 0.15) is 0 Å². The van der Waals surface area contributed by atoms with Crippen LogP contribution < -0.4 is 5.32 Å². The van der Waals surface area contributed by atoms with Crippen molar-refractivity contribution in [3.8, 4) is 0 Å². The molecule has 0 aliphatic carbocycles. The molecular formula is C12H16N2O. The van der Waals surface area contributed by atoms with Crippen molar-refractivity contribution in [1.29, 1.82) is 0 Å². The zero-order chi connectivity index (χ0) is 10.7. The molecule has 3 nitrogen and oxygen atoms in total. The first-order valence-corrected chi connectivity index (χ1v) is 5.32. The van der Waals surface area contributed by atoms with Gasteiger partial charge in [0.05, 0.1) is 6.04 Å². The quantitative estimate of drug-likeness (QED) is 0.745. The highest BCUT2D eigenvalue weighted by atomic mass is 16.2. The second-order valence-corrected chi connectivity index (χ2v) is 3.84. The van der Waals surface area contributed by atoms with Crippen molar-refractivity contribution in [1.82, 2.24) is 10.2 Å². The van der Waals surface area contributed by atoms with Crippen LogP contribution >= 0.6 is 0 Å². The summed E-state index contributed by atoms with van der Waals surface area (Å²) in [4.78, 5) is 13.4. The Morgan fingerprint density at radius 2 is 2.13 bits per heavy atom. The Hall–Kier alpha value is -1.35. The normalized spacial score (nSPS) is 21.4. The van der Waals surface area contributed by atoms with Crippen LogP contribution in [0.5, 0.6) is 0 Å². The van der Waals surface area contributed by atoms with E-state index in [1.807, 2.05) is 23.1 Å². The molecule has 0 bridgehead atoms. The molecular weight excluding hydrogens is 188 g/mol. The van der Waals surface area contributed by atoms with Gasteiger partial charge in [-0.15, -0.1) is 0 Å². The molecule has 80 valence electrons. The molecule has 1 saturated heterocycles. The van der Waals surface area contributed by atoms with E-state index in [-0.39, 0.29) is 11.9 Å². The number of amides is 1. The topological polar surface area (TPSA) is 32.3 Å². The van der Waals surface area contributed by atoms with Crippen molar-refractivity contribution < 1.29 is 4.79 Å². The van der Waals surface area contributed by atoms with Crippen molar-refractivity contribution in [3.63, 3.8) is 0 Å². The number of nitrogens with zero attached hydrogens (tertiary/aromatic N) is 1. The summed E-state index contributed by atoms with van der Waals surface area (Å²) in [6, 6.07) is 10.4. The predicted molar refractivity (Wildman–Crippen MR) is 59.4 cm³/mol. The van der Waals surface area contributed by atoms with Gasteiger partial charge in [-0.25, -0.2) is 0 Å². The standard InChI is InChI=1S/C12H16N2O/c1-10(15)14-8-7-13-9-12(14)11-5-3-2-4-6-11/h2-6,12-13H,7-9H2,1H3/t12-/m0/s1. The van der Waals surface area contributed by atoms with Gasteiger partial charge in [-0.1, -0.05) is 30.3 Å². The van der Waals surface area contributed by atoms with Gasteiger partial charge < -0.3 is 10.2 Å². The Balaban J connectivity index is 2.22. The molecule has 0 radical (unpaired) electrons. The first-order chi connectivity index (χ1) is 7.29. The van der Waals surface area contributed by atoms with Crippen molar-refractivity contribution in [3.05, 3.63) is 35.9 Å². The average Bonchev–Trinajstić information content (AvgIpc) is 2.30. The van der Waals surface area contributed by atoms with Crippen LogP contribution in [0.4, 0.5) is 0 Å². The van der Waals surface area contributed by atoms with E-state index in [2.05, 4.69) is 17.4 Å². The van der Waals surface area contributed by atoms with E-state index in [0.717, 1.165) is 19.6 Å². The lowest BCUT2D eigenvalue weighted by molar-refractivity contribution is -0.132. The molecule has 1 N–H and O–H groups in total. The van der Waals surface area contributed by atoms with E-state index < -0.39 is 0 Å². The lowest BCUT2D eigenvalue weighted by atomic mass is 10.0. The number of hydrogen-bond acceptors (Lipinski definition) is 2. The zero-order valence-electron chi connectivity index (χ0n) is 8.94. The first kappa shape index (κ1) is 10.2. The minimum Gasteiger partial charge on any atom is -0.333 e. The summed E-state index contributed by atoms with van der Waals surface area (Å²) in [5.74, 6) is 0.158. The van der Waals surface area contributed by atoms with Gasteiger partial charge in [0.25, 0.3) is 0 Å². The Labute approximate surface area is 90.1 Å². The fourth-order valence-corrected chi connectivity index (χ4v) is 2.05. The summed E-state index contributed by atoms with van der Waals surface area (Å²) in [6.45, 7) is 4.18. The maximum absolute atomic E-state index is 11.5. The van der Waals surface area contributed by atoms with E-state index in [1.54, 1.807) is 6.92 Å². The molecule has 3 heteroatoms. The Morgan fingerprint density at radius 1 is 1.40 bits per heavy atom.